The maximum Gasteiger partial charge on any atom is 0.490 e. The van der Waals surface area contributed by atoms with Crippen LogP contribution in [0.2, 0.25) is 0 Å². The molecule has 210 valence electrons. The summed E-state index contributed by atoms with van der Waals surface area (Å²) >= 11 is 0. The van der Waals surface area contributed by atoms with Crippen LogP contribution in [0.15, 0.2) is 24.3 Å². The molecule has 4 rings (SSSR count). The number of ether oxygens (including phenoxy) is 1. The second-order valence-electron chi connectivity index (χ2n) is 9.66. The van der Waals surface area contributed by atoms with E-state index >= 15 is 0 Å². The Morgan fingerprint density at radius 2 is 1.43 bits per heavy atom. The van der Waals surface area contributed by atoms with Crippen molar-refractivity contribution in [1.82, 2.24) is 9.80 Å². The maximum atomic E-state index is 10.6. The van der Waals surface area contributed by atoms with E-state index < -0.39 is 24.3 Å². The first-order valence-electron chi connectivity index (χ1n) is 11.8. The molecule has 2 aliphatic heterocycles. The lowest BCUT2D eigenvalue weighted by atomic mass is 9.77. The van der Waals surface area contributed by atoms with Crippen LogP contribution in [0.5, 0.6) is 5.75 Å². The first-order valence-corrected chi connectivity index (χ1v) is 11.8. The zero-order valence-corrected chi connectivity index (χ0v) is 20.4. The number of rotatable bonds is 5. The highest BCUT2D eigenvalue weighted by atomic mass is 19.4. The molecule has 1 aromatic rings. The highest BCUT2D eigenvalue weighted by Gasteiger charge is 2.41. The van der Waals surface area contributed by atoms with E-state index in [1.165, 1.54) is 70.4 Å². The molecule has 0 radical (unpaired) electrons. The van der Waals surface area contributed by atoms with Crippen LogP contribution in [-0.4, -0.2) is 84.1 Å². The van der Waals surface area contributed by atoms with Gasteiger partial charge in [0.15, 0.2) is 0 Å². The normalized spacial score (nSPS) is 19.9. The topological polar surface area (TPSA) is 90.3 Å². The largest absolute Gasteiger partial charge is 0.497 e. The summed E-state index contributed by atoms with van der Waals surface area (Å²) in [5.74, 6) is -3.50. The van der Waals surface area contributed by atoms with Crippen LogP contribution in [0.3, 0.4) is 0 Å². The molecule has 3 aliphatic rings. The van der Waals surface area contributed by atoms with E-state index in [0.29, 0.717) is 5.41 Å². The van der Waals surface area contributed by atoms with Gasteiger partial charge >= 0.3 is 24.3 Å². The van der Waals surface area contributed by atoms with Crippen molar-refractivity contribution < 1.29 is 50.9 Å². The molecule has 1 aliphatic carbocycles. The van der Waals surface area contributed by atoms with Gasteiger partial charge in [-0.1, -0.05) is 12.1 Å². The number of alkyl halides is 6. The molecule has 0 amide bonds. The SMILES string of the molecule is COc1cccc(CN2CCC3(CC2)CCN(CC2CC2)C3)c1.O=C(O)C(F)(F)F.O=C(O)C(F)(F)F. The molecule has 2 heterocycles. The van der Waals surface area contributed by atoms with Gasteiger partial charge < -0.3 is 19.8 Å². The summed E-state index contributed by atoms with van der Waals surface area (Å²) in [7, 11) is 1.75. The van der Waals surface area contributed by atoms with Crippen LogP contribution < -0.4 is 4.74 Å². The van der Waals surface area contributed by atoms with Gasteiger partial charge in [0.05, 0.1) is 7.11 Å². The second-order valence-corrected chi connectivity index (χ2v) is 9.66. The quantitative estimate of drug-likeness (QED) is 0.523. The Morgan fingerprint density at radius 3 is 1.86 bits per heavy atom. The average molecular weight is 543 g/mol. The maximum absolute atomic E-state index is 10.6. The zero-order valence-electron chi connectivity index (χ0n) is 20.4. The minimum Gasteiger partial charge on any atom is -0.497 e. The van der Waals surface area contributed by atoms with E-state index in [2.05, 4.69) is 28.0 Å². The van der Waals surface area contributed by atoms with Gasteiger partial charge in [-0.05, 0) is 80.8 Å². The van der Waals surface area contributed by atoms with Crippen molar-refractivity contribution in [2.75, 3.05) is 39.8 Å². The van der Waals surface area contributed by atoms with Crippen LogP contribution >= 0.6 is 0 Å². The standard InChI is InChI=1S/C20H30N2O.2C2HF3O2/c1-23-19-4-2-3-18(13-19)15-21-10-7-20(8-11-21)9-12-22(16-20)14-17-5-6-17;2*3-2(4,5)1(6)7/h2-4,13,17H,5-12,14-16H2,1H3;2*(H,6,7). The summed E-state index contributed by atoms with van der Waals surface area (Å²) in [6.07, 6.45) is -2.99. The summed E-state index contributed by atoms with van der Waals surface area (Å²) in [5.41, 5.74) is 2.02. The van der Waals surface area contributed by atoms with Crippen molar-refractivity contribution in [3.05, 3.63) is 29.8 Å². The number of benzene rings is 1. The van der Waals surface area contributed by atoms with E-state index in [-0.39, 0.29) is 0 Å². The lowest BCUT2D eigenvalue weighted by Gasteiger charge is -2.39. The van der Waals surface area contributed by atoms with Crippen LogP contribution in [0.1, 0.15) is 37.7 Å². The highest BCUT2D eigenvalue weighted by Crippen LogP contribution is 2.42. The van der Waals surface area contributed by atoms with Gasteiger partial charge in [0, 0.05) is 19.6 Å². The molecular weight excluding hydrogens is 510 g/mol. The van der Waals surface area contributed by atoms with Crippen molar-refractivity contribution >= 4 is 11.9 Å². The molecule has 0 bridgehead atoms. The summed E-state index contributed by atoms with van der Waals surface area (Å²) in [6, 6.07) is 8.53. The van der Waals surface area contributed by atoms with E-state index in [9.17, 15) is 26.3 Å². The molecule has 0 aromatic heterocycles. The predicted molar refractivity (Wildman–Crippen MR) is 121 cm³/mol. The fourth-order valence-electron chi connectivity index (χ4n) is 4.47. The third-order valence-electron chi connectivity index (χ3n) is 6.67. The van der Waals surface area contributed by atoms with E-state index in [4.69, 9.17) is 24.5 Å². The first-order chi connectivity index (χ1) is 17.1. The molecule has 2 saturated heterocycles. The third-order valence-corrected chi connectivity index (χ3v) is 6.67. The second kappa shape index (κ2) is 12.8. The molecule has 1 saturated carbocycles. The van der Waals surface area contributed by atoms with Gasteiger partial charge in [-0.15, -0.1) is 0 Å². The Bertz CT molecular complexity index is 872. The molecule has 7 nitrogen and oxygen atoms in total. The number of carboxylic acid groups (broad SMARTS) is 2. The summed E-state index contributed by atoms with van der Waals surface area (Å²) in [5, 5.41) is 14.2. The number of carbonyl (C=O) groups is 2. The third kappa shape index (κ3) is 10.8. The van der Waals surface area contributed by atoms with Crippen LogP contribution in [0, 0.1) is 11.3 Å². The van der Waals surface area contributed by atoms with Gasteiger partial charge in [-0.3, -0.25) is 4.90 Å². The fraction of sp³-hybridized carbons (Fsp3) is 0.667. The number of aliphatic carboxylic acids is 2. The summed E-state index contributed by atoms with van der Waals surface area (Å²) in [4.78, 5) is 23.2. The number of carboxylic acids is 2. The molecular formula is C24H32F6N2O5. The number of nitrogens with zero attached hydrogens (tertiary/aromatic N) is 2. The Kier molecular flexibility index (Phi) is 10.6. The minimum atomic E-state index is -5.08. The van der Waals surface area contributed by atoms with Crippen LogP contribution in [-0.2, 0) is 16.1 Å². The van der Waals surface area contributed by atoms with E-state index in [1.54, 1.807) is 7.11 Å². The number of hydrogen-bond acceptors (Lipinski definition) is 5. The highest BCUT2D eigenvalue weighted by molar-refractivity contribution is 5.73. The molecule has 1 aromatic carbocycles. The van der Waals surface area contributed by atoms with Gasteiger partial charge in [0.25, 0.3) is 0 Å². The van der Waals surface area contributed by atoms with Crippen molar-refractivity contribution in [2.24, 2.45) is 11.3 Å². The molecule has 0 atom stereocenters. The van der Waals surface area contributed by atoms with Crippen molar-refractivity contribution in [1.29, 1.82) is 0 Å². The monoisotopic (exact) mass is 542 g/mol. The molecule has 13 heteroatoms. The minimum absolute atomic E-state index is 0.639. The number of halogens is 6. The molecule has 3 fully saturated rings. The number of piperidine rings is 1. The zero-order chi connectivity index (χ0) is 27.9. The smallest absolute Gasteiger partial charge is 0.490 e. The number of methoxy groups -OCH3 is 1. The van der Waals surface area contributed by atoms with Gasteiger partial charge in [0.2, 0.25) is 0 Å². The van der Waals surface area contributed by atoms with E-state index in [0.717, 1.165) is 18.2 Å². The molecule has 0 unspecified atom stereocenters. The Morgan fingerprint density at radius 1 is 0.946 bits per heavy atom. The molecule has 1 spiro atoms. The Balaban J connectivity index is 0.000000286. The lowest BCUT2D eigenvalue weighted by molar-refractivity contribution is -0.193. The van der Waals surface area contributed by atoms with Crippen LogP contribution in [0.25, 0.3) is 0 Å². The lowest BCUT2D eigenvalue weighted by Crippen LogP contribution is -2.41. The average Bonchev–Trinajstić information content (AvgIpc) is 3.54. The number of likely N-dealkylation sites (tertiary alicyclic amines) is 2. The molecule has 2 N–H and O–H groups in total. The van der Waals surface area contributed by atoms with Crippen molar-refractivity contribution in [3.8, 4) is 5.75 Å². The van der Waals surface area contributed by atoms with Gasteiger partial charge in [-0.2, -0.15) is 26.3 Å². The van der Waals surface area contributed by atoms with Gasteiger partial charge in [-0.25, -0.2) is 9.59 Å². The Hall–Kier alpha value is -2.54. The van der Waals surface area contributed by atoms with Crippen LogP contribution in [0.4, 0.5) is 26.3 Å². The van der Waals surface area contributed by atoms with Gasteiger partial charge in [0.1, 0.15) is 5.75 Å². The van der Waals surface area contributed by atoms with E-state index in [1.807, 2.05) is 6.07 Å². The van der Waals surface area contributed by atoms with Crippen molar-refractivity contribution in [3.63, 3.8) is 0 Å². The summed E-state index contributed by atoms with van der Waals surface area (Å²) in [6.45, 7) is 7.69. The van der Waals surface area contributed by atoms with Crippen molar-refractivity contribution in [2.45, 2.75) is 51.0 Å². The predicted octanol–water partition coefficient (Wildman–Crippen LogP) is 4.66. The molecule has 37 heavy (non-hydrogen) atoms. The first kappa shape index (κ1) is 30.7. The summed E-state index contributed by atoms with van der Waals surface area (Å²) < 4.78 is 68.8. The fourth-order valence-corrected chi connectivity index (χ4v) is 4.47. The Labute approximate surface area is 211 Å². The number of hydrogen-bond donors (Lipinski definition) is 2.